The van der Waals surface area contributed by atoms with Crippen LogP contribution in [0.1, 0.15) is 43.7 Å². The van der Waals surface area contributed by atoms with Crippen molar-refractivity contribution >= 4 is 11.4 Å². The molecule has 3 nitrogen and oxygen atoms in total. The second kappa shape index (κ2) is 8.24. The highest BCUT2D eigenvalue weighted by Gasteiger charge is 2.22. The molecule has 2 atom stereocenters. The molecule has 0 N–H and O–H groups in total. The van der Waals surface area contributed by atoms with E-state index in [4.69, 9.17) is 9.47 Å². The lowest BCUT2D eigenvalue weighted by molar-refractivity contribution is -0.184. The molecule has 138 valence electrons. The molecule has 26 heavy (non-hydrogen) atoms. The topological polar surface area (TPSA) is 21.7 Å². The highest BCUT2D eigenvalue weighted by molar-refractivity contribution is 5.71. The summed E-state index contributed by atoms with van der Waals surface area (Å²) in [5.41, 5.74) is 5.57. The van der Waals surface area contributed by atoms with Gasteiger partial charge in [0.1, 0.15) is 0 Å². The van der Waals surface area contributed by atoms with Gasteiger partial charge in [0.25, 0.3) is 0 Å². The molecule has 4 rings (SSSR count). The summed E-state index contributed by atoms with van der Waals surface area (Å²) >= 11 is 0. The fourth-order valence-electron chi connectivity index (χ4n) is 4.07. The molecule has 3 heteroatoms. The Bertz CT molecular complexity index is 676. The minimum Gasteiger partial charge on any atom is -0.353 e. The average molecular weight is 351 g/mol. The Morgan fingerprint density at radius 1 is 1.00 bits per heavy atom. The van der Waals surface area contributed by atoms with Crippen molar-refractivity contribution < 1.29 is 9.47 Å². The summed E-state index contributed by atoms with van der Waals surface area (Å²) in [5, 5.41) is 0. The number of hydrogen-bond donors (Lipinski definition) is 0. The predicted molar refractivity (Wildman–Crippen MR) is 106 cm³/mol. The molecule has 0 spiro atoms. The zero-order chi connectivity index (χ0) is 17.8. The van der Waals surface area contributed by atoms with Gasteiger partial charge in [-0.05, 0) is 68.7 Å². The van der Waals surface area contributed by atoms with Crippen molar-refractivity contribution in [3.05, 3.63) is 59.7 Å². The summed E-state index contributed by atoms with van der Waals surface area (Å²) in [6, 6.07) is 17.7. The molecule has 1 saturated heterocycles. The molecular formula is C23H29NO2. The fourth-order valence-corrected chi connectivity index (χ4v) is 4.07. The van der Waals surface area contributed by atoms with Crippen molar-refractivity contribution in [3.63, 3.8) is 0 Å². The van der Waals surface area contributed by atoms with E-state index < -0.39 is 0 Å². The van der Waals surface area contributed by atoms with Crippen LogP contribution in [0.4, 0.5) is 11.4 Å². The predicted octanol–water partition coefficient (Wildman–Crippen LogP) is 5.25. The number of hydrogen-bond acceptors (Lipinski definition) is 3. The van der Waals surface area contributed by atoms with Crippen molar-refractivity contribution in [3.8, 4) is 0 Å². The molecule has 2 heterocycles. The van der Waals surface area contributed by atoms with E-state index in [1.807, 2.05) is 0 Å². The van der Waals surface area contributed by atoms with E-state index in [-0.39, 0.29) is 12.4 Å². The van der Waals surface area contributed by atoms with E-state index in [0.717, 1.165) is 45.3 Å². The normalized spacial score (nSPS) is 20.8. The molecule has 2 aliphatic rings. The molecular weight excluding hydrogens is 322 g/mol. The third-order valence-corrected chi connectivity index (χ3v) is 5.51. The van der Waals surface area contributed by atoms with E-state index >= 15 is 0 Å². The summed E-state index contributed by atoms with van der Waals surface area (Å²) in [5.74, 6) is 0. The van der Waals surface area contributed by atoms with Gasteiger partial charge >= 0.3 is 0 Å². The maximum Gasteiger partial charge on any atom is 0.157 e. The molecule has 0 bridgehead atoms. The van der Waals surface area contributed by atoms with E-state index in [9.17, 15) is 0 Å². The van der Waals surface area contributed by atoms with Crippen LogP contribution in [0.3, 0.4) is 0 Å². The Morgan fingerprint density at radius 3 is 2.27 bits per heavy atom. The summed E-state index contributed by atoms with van der Waals surface area (Å²) in [6.45, 7) is 3.97. The number of anilines is 2. The SMILES string of the molecule is CC(CCN1c2ccccc2CCc2ccccc21)OC1CCCCO1. The molecule has 1 fully saturated rings. The minimum atomic E-state index is -0.0116. The fraction of sp³-hybridized carbons (Fsp3) is 0.478. The van der Waals surface area contributed by atoms with Crippen molar-refractivity contribution in [2.45, 2.75) is 57.8 Å². The molecule has 0 amide bonds. The van der Waals surface area contributed by atoms with Crippen molar-refractivity contribution in [2.24, 2.45) is 0 Å². The lowest BCUT2D eigenvalue weighted by Gasteiger charge is -2.30. The van der Waals surface area contributed by atoms with Crippen LogP contribution >= 0.6 is 0 Å². The monoisotopic (exact) mass is 351 g/mol. The van der Waals surface area contributed by atoms with Gasteiger partial charge in [0.2, 0.25) is 0 Å². The number of fused-ring (bicyclic) bond motifs is 2. The second-order valence-corrected chi connectivity index (χ2v) is 7.44. The van der Waals surface area contributed by atoms with Crippen LogP contribution in [-0.4, -0.2) is 25.5 Å². The summed E-state index contributed by atoms with van der Waals surface area (Å²) in [4.78, 5) is 2.49. The smallest absolute Gasteiger partial charge is 0.157 e. The molecule has 2 aromatic carbocycles. The van der Waals surface area contributed by atoms with E-state index in [1.165, 1.54) is 28.9 Å². The first-order valence-corrected chi connectivity index (χ1v) is 10.0. The Morgan fingerprint density at radius 2 is 1.65 bits per heavy atom. The van der Waals surface area contributed by atoms with Crippen LogP contribution < -0.4 is 4.90 Å². The molecule has 0 radical (unpaired) electrons. The largest absolute Gasteiger partial charge is 0.353 e. The molecule has 0 aliphatic carbocycles. The van der Waals surface area contributed by atoms with E-state index in [0.29, 0.717) is 0 Å². The Balaban J connectivity index is 1.49. The number of benzene rings is 2. The first kappa shape index (κ1) is 17.6. The van der Waals surface area contributed by atoms with Gasteiger partial charge < -0.3 is 14.4 Å². The standard InChI is InChI=1S/C23H29NO2/c1-18(26-23-12-6-7-17-25-23)15-16-24-21-10-4-2-8-19(21)13-14-20-9-3-5-11-22(20)24/h2-5,8-11,18,23H,6-7,12-17H2,1H3. The third-order valence-electron chi connectivity index (χ3n) is 5.51. The van der Waals surface area contributed by atoms with Gasteiger partial charge in [-0.1, -0.05) is 36.4 Å². The highest BCUT2D eigenvalue weighted by Crippen LogP contribution is 2.36. The molecule has 2 aromatic rings. The first-order valence-electron chi connectivity index (χ1n) is 10.0. The Labute approximate surface area is 156 Å². The lowest BCUT2D eigenvalue weighted by Crippen LogP contribution is -2.29. The molecule has 0 saturated carbocycles. The number of aryl methyl sites for hydroxylation is 2. The zero-order valence-corrected chi connectivity index (χ0v) is 15.7. The van der Waals surface area contributed by atoms with Gasteiger partial charge in [0.15, 0.2) is 6.29 Å². The molecule has 2 unspecified atom stereocenters. The lowest BCUT2D eigenvalue weighted by atomic mass is 10.0. The van der Waals surface area contributed by atoms with E-state index in [1.54, 1.807) is 0 Å². The Hall–Kier alpha value is -1.84. The maximum absolute atomic E-state index is 6.14. The van der Waals surface area contributed by atoms with Gasteiger partial charge in [-0.3, -0.25) is 0 Å². The number of nitrogens with zero attached hydrogens (tertiary/aromatic N) is 1. The van der Waals surface area contributed by atoms with E-state index in [2.05, 4.69) is 60.4 Å². The van der Waals surface area contributed by atoms with Crippen LogP contribution in [0.25, 0.3) is 0 Å². The third kappa shape index (κ3) is 3.94. The first-order chi connectivity index (χ1) is 12.8. The Kier molecular flexibility index (Phi) is 5.57. The average Bonchev–Trinajstić information content (AvgIpc) is 2.84. The zero-order valence-electron chi connectivity index (χ0n) is 15.7. The van der Waals surface area contributed by atoms with Gasteiger partial charge in [-0.2, -0.15) is 0 Å². The van der Waals surface area contributed by atoms with Gasteiger partial charge in [-0.25, -0.2) is 0 Å². The van der Waals surface area contributed by atoms with Gasteiger partial charge in [-0.15, -0.1) is 0 Å². The van der Waals surface area contributed by atoms with Crippen LogP contribution in [0.2, 0.25) is 0 Å². The second-order valence-electron chi connectivity index (χ2n) is 7.44. The highest BCUT2D eigenvalue weighted by atomic mass is 16.7. The minimum absolute atomic E-state index is 0.0116. The molecule has 2 aliphatic heterocycles. The number of ether oxygens (including phenoxy) is 2. The van der Waals surface area contributed by atoms with Crippen molar-refractivity contribution in [1.29, 1.82) is 0 Å². The van der Waals surface area contributed by atoms with Crippen molar-refractivity contribution in [1.82, 2.24) is 0 Å². The number of para-hydroxylation sites is 2. The quantitative estimate of drug-likeness (QED) is 0.735. The van der Waals surface area contributed by atoms with Gasteiger partial charge in [0.05, 0.1) is 6.10 Å². The number of rotatable bonds is 5. The van der Waals surface area contributed by atoms with Crippen molar-refractivity contribution in [2.75, 3.05) is 18.1 Å². The van der Waals surface area contributed by atoms with Gasteiger partial charge in [0, 0.05) is 24.5 Å². The van der Waals surface area contributed by atoms with Crippen LogP contribution in [0.5, 0.6) is 0 Å². The van der Waals surface area contributed by atoms with Crippen LogP contribution in [0, 0.1) is 0 Å². The summed E-state index contributed by atoms with van der Waals surface area (Å²) in [6.07, 6.45) is 6.78. The van der Waals surface area contributed by atoms with Crippen LogP contribution in [-0.2, 0) is 22.3 Å². The summed E-state index contributed by atoms with van der Waals surface area (Å²) in [7, 11) is 0. The maximum atomic E-state index is 6.14. The van der Waals surface area contributed by atoms with Crippen LogP contribution in [0.15, 0.2) is 48.5 Å². The summed E-state index contributed by atoms with van der Waals surface area (Å²) < 4.78 is 11.9. The molecule has 0 aromatic heterocycles.